The lowest BCUT2D eigenvalue weighted by Crippen LogP contribution is -2.38. The molecule has 1 saturated heterocycles. The number of phenols is 1. The molecule has 4 atom stereocenters. The van der Waals surface area contributed by atoms with Crippen LogP contribution in [-0.2, 0) is 9.59 Å². The van der Waals surface area contributed by atoms with E-state index in [2.05, 4.69) is 0 Å². The maximum Gasteiger partial charge on any atom is 0.233 e. The first-order chi connectivity index (χ1) is 14.3. The standard InChI is InChI=1S/C24H31NO5/c1-4-15-12-17-22(24(30)25(3)23(17)29)18(13-26)21(15)20(28)10-9-14(2)11-16-7-5-6-8-19(16)27/h5-8,11,17-18,20,22,26-28H,4,9-10,12-13H2,1-3H3/b14-11+/t17-,18+,20-,22-/m1/s1. The lowest BCUT2D eigenvalue weighted by Gasteiger charge is -2.36. The molecule has 3 N–H and O–H groups in total. The maximum absolute atomic E-state index is 12.6. The molecule has 1 heterocycles. The number of aliphatic hydroxyl groups excluding tert-OH is 2. The third-order valence-electron chi connectivity index (χ3n) is 6.54. The van der Waals surface area contributed by atoms with E-state index in [1.165, 1.54) is 11.9 Å². The number of allylic oxidation sites excluding steroid dienone is 2. The molecule has 0 aromatic heterocycles. The normalized spacial score (nSPS) is 25.7. The SMILES string of the molecule is CCC1=C([C@H](O)CC/C(C)=C/c2ccccc2O)[C@H](CO)[C@@H]2C(=O)N(C)C(=O)[C@@H]2C1. The summed E-state index contributed by atoms with van der Waals surface area (Å²) in [5, 5.41) is 31.1. The Balaban J connectivity index is 1.80. The van der Waals surface area contributed by atoms with Crippen LogP contribution in [0.1, 0.15) is 45.1 Å². The van der Waals surface area contributed by atoms with Crippen LogP contribution >= 0.6 is 0 Å². The third-order valence-corrected chi connectivity index (χ3v) is 6.54. The Labute approximate surface area is 177 Å². The van der Waals surface area contributed by atoms with Crippen LogP contribution in [-0.4, -0.2) is 51.8 Å². The summed E-state index contributed by atoms with van der Waals surface area (Å²) < 4.78 is 0. The van der Waals surface area contributed by atoms with Gasteiger partial charge in [0.1, 0.15) is 5.75 Å². The summed E-state index contributed by atoms with van der Waals surface area (Å²) >= 11 is 0. The van der Waals surface area contributed by atoms with E-state index in [4.69, 9.17) is 0 Å². The second kappa shape index (κ2) is 9.14. The number of fused-ring (bicyclic) bond motifs is 1. The van der Waals surface area contributed by atoms with Gasteiger partial charge in [-0.15, -0.1) is 0 Å². The first-order valence-electron chi connectivity index (χ1n) is 10.6. The zero-order valence-electron chi connectivity index (χ0n) is 17.8. The topological polar surface area (TPSA) is 98.1 Å². The van der Waals surface area contributed by atoms with Crippen molar-refractivity contribution in [3.05, 3.63) is 46.5 Å². The van der Waals surface area contributed by atoms with Crippen LogP contribution in [0.2, 0.25) is 0 Å². The molecule has 1 aliphatic heterocycles. The Morgan fingerprint density at radius 3 is 2.60 bits per heavy atom. The Morgan fingerprint density at radius 2 is 1.97 bits per heavy atom. The van der Waals surface area contributed by atoms with Gasteiger partial charge in [0.25, 0.3) is 0 Å². The first kappa shape index (κ1) is 22.2. The van der Waals surface area contributed by atoms with Crippen molar-refractivity contribution in [2.45, 2.75) is 45.6 Å². The van der Waals surface area contributed by atoms with E-state index in [1.54, 1.807) is 12.1 Å². The molecule has 3 rings (SSSR count). The van der Waals surface area contributed by atoms with E-state index in [1.807, 2.05) is 32.1 Å². The van der Waals surface area contributed by atoms with E-state index in [0.717, 1.165) is 22.3 Å². The predicted octanol–water partition coefficient (Wildman–Crippen LogP) is 2.89. The molecule has 6 heteroatoms. The van der Waals surface area contributed by atoms with E-state index in [0.29, 0.717) is 25.7 Å². The van der Waals surface area contributed by atoms with Crippen LogP contribution in [0, 0.1) is 17.8 Å². The number of aromatic hydroxyl groups is 1. The van der Waals surface area contributed by atoms with Crippen LogP contribution in [0.25, 0.3) is 6.08 Å². The number of nitrogens with zero attached hydrogens (tertiary/aromatic N) is 1. The molecular formula is C24H31NO5. The van der Waals surface area contributed by atoms with Gasteiger partial charge in [-0.3, -0.25) is 14.5 Å². The van der Waals surface area contributed by atoms with Gasteiger partial charge in [-0.25, -0.2) is 0 Å². The third kappa shape index (κ3) is 4.07. The van der Waals surface area contributed by atoms with E-state index in [9.17, 15) is 24.9 Å². The van der Waals surface area contributed by atoms with Crippen molar-refractivity contribution in [1.82, 2.24) is 4.90 Å². The van der Waals surface area contributed by atoms with Crippen LogP contribution < -0.4 is 0 Å². The smallest absolute Gasteiger partial charge is 0.233 e. The Kier molecular flexibility index (Phi) is 6.78. The lowest BCUT2D eigenvalue weighted by molar-refractivity contribution is -0.138. The fraction of sp³-hybridized carbons (Fsp3) is 0.500. The second-order valence-corrected chi connectivity index (χ2v) is 8.38. The molecule has 0 spiro atoms. The molecular weight excluding hydrogens is 382 g/mol. The summed E-state index contributed by atoms with van der Waals surface area (Å²) in [5.41, 5.74) is 3.44. The van der Waals surface area contributed by atoms with Gasteiger partial charge in [0.15, 0.2) is 0 Å². The summed E-state index contributed by atoms with van der Waals surface area (Å²) in [5.74, 6) is -1.80. The van der Waals surface area contributed by atoms with Crippen molar-refractivity contribution in [3.63, 3.8) is 0 Å². The monoisotopic (exact) mass is 413 g/mol. The number of likely N-dealkylation sites (tertiary alicyclic amines) is 1. The van der Waals surface area contributed by atoms with Crippen molar-refractivity contribution in [2.75, 3.05) is 13.7 Å². The highest BCUT2D eigenvalue weighted by Gasteiger charge is 2.53. The molecule has 1 aliphatic carbocycles. The zero-order valence-corrected chi connectivity index (χ0v) is 17.8. The summed E-state index contributed by atoms with van der Waals surface area (Å²) in [6.07, 6.45) is 3.29. The highest BCUT2D eigenvalue weighted by atomic mass is 16.3. The lowest BCUT2D eigenvalue weighted by atomic mass is 9.67. The molecule has 2 amide bonds. The first-order valence-corrected chi connectivity index (χ1v) is 10.6. The van der Waals surface area contributed by atoms with Gasteiger partial charge in [0.2, 0.25) is 11.8 Å². The minimum absolute atomic E-state index is 0.190. The van der Waals surface area contributed by atoms with Crippen LogP contribution in [0.4, 0.5) is 0 Å². The number of amides is 2. The molecule has 1 aromatic carbocycles. The number of aliphatic hydroxyl groups is 2. The van der Waals surface area contributed by atoms with Gasteiger partial charge in [0, 0.05) is 18.5 Å². The summed E-state index contributed by atoms with van der Waals surface area (Å²) in [7, 11) is 1.49. The van der Waals surface area contributed by atoms with Gasteiger partial charge < -0.3 is 15.3 Å². The number of benzene rings is 1. The molecule has 162 valence electrons. The minimum Gasteiger partial charge on any atom is -0.507 e. The quantitative estimate of drug-likeness (QED) is 0.472. The van der Waals surface area contributed by atoms with Gasteiger partial charge in [-0.2, -0.15) is 0 Å². The zero-order chi connectivity index (χ0) is 22.0. The molecule has 30 heavy (non-hydrogen) atoms. The molecule has 0 unspecified atom stereocenters. The highest BCUT2D eigenvalue weighted by Crippen LogP contribution is 2.46. The molecule has 1 aromatic rings. The molecule has 0 bridgehead atoms. The Hall–Kier alpha value is -2.44. The molecule has 2 aliphatic rings. The average Bonchev–Trinajstić information content (AvgIpc) is 2.96. The number of phenolic OH excluding ortho intramolecular Hbond substituents is 1. The molecule has 6 nitrogen and oxygen atoms in total. The number of carbonyl (C=O) groups is 2. The molecule has 1 fully saturated rings. The number of hydrogen-bond donors (Lipinski definition) is 3. The molecule has 0 saturated carbocycles. The predicted molar refractivity (Wildman–Crippen MR) is 114 cm³/mol. The Bertz CT molecular complexity index is 887. The van der Waals surface area contributed by atoms with Crippen LogP contribution in [0.15, 0.2) is 41.0 Å². The number of imide groups is 1. The number of carbonyl (C=O) groups excluding carboxylic acids is 2. The maximum atomic E-state index is 12.6. The van der Waals surface area contributed by atoms with Crippen molar-refractivity contribution >= 4 is 17.9 Å². The summed E-state index contributed by atoms with van der Waals surface area (Å²) in [6, 6.07) is 7.08. The van der Waals surface area contributed by atoms with Crippen LogP contribution in [0.5, 0.6) is 5.75 Å². The Morgan fingerprint density at radius 1 is 1.27 bits per heavy atom. The van der Waals surface area contributed by atoms with E-state index < -0.39 is 23.9 Å². The fourth-order valence-corrected chi connectivity index (χ4v) is 4.92. The average molecular weight is 414 g/mol. The number of hydrogen-bond acceptors (Lipinski definition) is 5. The van der Waals surface area contributed by atoms with Crippen molar-refractivity contribution in [3.8, 4) is 5.75 Å². The van der Waals surface area contributed by atoms with Gasteiger partial charge in [-0.05, 0) is 44.2 Å². The highest BCUT2D eigenvalue weighted by molar-refractivity contribution is 6.05. The summed E-state index contributed by atoms with van der Waals surface area (Å²) in [6.45, 7) is 3.66. The minimum atomic E-state index is -0.792. The number of rotatable bonds is 7. The van der Waals surface area contributed by atoms with E-state index >= 15 is 0 Å². The van der Waals surface area contributed by atoms with Gasteiger partial charge in [-0.1, -0.05) is 42.3 Å². The second-order valence-electron chi connectivity index (χ2n) is 8.38. The van der Waals surface area contributed by atoms with Gasteiger partial charge in [0.05, 0.1) is 24.5 Å². The van der Waals surface area contributed by atoms with Gasteiger partial charge >= 0.3 is 0 Å². The molecule has 0 radical (unpaired) electrons. The van der Waals surface area contributed by atoms with Crippen LogP contribution in [0.3, 0.4) is 0 Å². The largest absolute Gasteiger partial charge is 0.507 e. The van der Waals surface area contributed by atoms with E-state index in [-0.39, 0.29) is 24.2 Å². The van der Waals surface area contributed by atoms with Crippen molar-refractivity contribution < 1.29 is 24.9 Å². The fourth-order valence-electron chi connectivity index (χ4n) is 4.92. The number of para-hydroxylation sites is 1. The van der Waals surface area contributed by atoms with Crippen molar-refractivity contribution in [1.29, 1.82) is 0 Å². The van der Waals surface area contributed by atoms with Crippen molar-refractivity contribution in [2.24, 2.45) is 17.8 Å². The summed E-state index contributed by atoms with van der Waals surface area (Å²) in [4.78, 5) is 26.3.